The van der Waals surface area contributed by atoms with E-state index in [4.69, 9.17) is 36.1 Å². The van der Waals surface area contributed by atoms with Gasteiger partial charge in [0, 0.05) is 18.7 Å². The molecule has 1 amide bonds. The normalized spacial score (nSPS) is 13.2. The number of nitrogens with one attached hydrogen (secondary N) is 1. The molecule has 1 aliphatic rings. The summed E-state index contributed by atoms with van der Waals surface area (Å²) in [5.41, 5.74) is 7.31. The first kappa shape index (κ1) is 31.1. The van der Waals surface area contributed by atoms with E-state index >= 15 is 0 Å². The van der Waals surface area contributed by atoms with E-state index in [1.807, 2.05) is 81.4 Å². The molecule has 0 radical (unpaired) electrons. The van der Waals surface area contributed by atoms with Crippen LogP contribution >= 0.6 is 0 Å². The van der Waals surface area contributed by atoms with Crippen molar-refractivity contribution in [2.24, 2.45) is 11.6 Å². The zero-order chi connectivity index (χ0) is 29.8. The van der Waals surface area contributed by atoms with Crippen molar-refractivity contribution in [1.82, 2.24) is 4.90 Å². The number of hydrogen-bond donors (Lipinski definition) is 3. The van der Waals surface area contributed by atoms with Crippen LogP contribution in [0, 0.1) is 5.41 Å². The van der Waals surface area contributed by atoms with Crippen LogP contribution in [0.5, 0.6) is 5.75 Å². The third-order valence-corrected chi connectivity index (χ3v) is 5.94. The van der Waals surface area contributed by atoms with Crippen molar-refractivity contribution in [2.45, 2.75) is 45.0 Å². The number of rotatable bonds is 9. The molecule has 3 aromatic rings. The summed E-state index contributed by atoms with van der Waals surface area (Å²) in [6, 6.07) is 25.4. The number of amidine groups is 1. The van der Waals surface area contributed by atoms with Crippen LogP contribution in [0.4, 0.5) is 4.79 Å². The van der Waals surface area contributed by atoms with Crippen LogP contribution in [0.25, 0.3) is 0 Å². The Labute approximate surface area is 240 Å². The Kier molecular flexibility index (Phi) is 11.3. The van der Waals surface area contributed by atoms with E-state index in [-0.39, 0.29) is 24.1 Å². The number of carbonyl (C=O) groups excluding carboxylic acids is 2. The Bertz CT molecular complexity index is 1220. The maximum absolute atomic E-state index is 12.7. The van der Waals surface area contributed by atoms with Crippen molar-refractivity contribution in [3.05, 3.63) is 102 Å². The van der Waals surface area contributed by atoms with Crippen molar-refractivity contribution >= 4 is 17.9 Å². The van der Waals surface area contributed by atoms with Crippen LogP contribution in [-0.4, -0.2) is 54.2 Å². The predicted octanol–water partition coefficient (Wildman–Crippen LogP) is 4.57. The van der Waals surface area contributed by atoms with Gasteiger partial charge in [-0.2, -0.15) is 0 Å². The summed E-state index contributed by atoms with van der Waals surface area (Å²) in [7, 11) is 0. The van der Waals surface area contributed by atoms with E-state index in [9.17, 15) is 9.59 Å². The van der Waals surface area contributed by atoms with Gasteiger partial charge in [-0.1, -0.05) is 60.7 Å². The van der Waals surface area contributed by atoms with Crippen LogP contribution in [0.1, 0.15) is 50.0 Å². The Morgan fingerprint density at radius 3 is 1.85 bits per heavy atom. The Hall–Kier alpha value is -4.41. The van der Waals surface area contributed by atoms with Crippen LogP contribution < -0.4 is 16.4 Å². The number of benzene rings is 3. The summed E-state index contributed by atoms with van der Waals surface area (Å²) in [6.45, 7) is 7.22. The van der Waals surface area contributed by atoms with Gasteiger partial charge in [-0.15, -0.1) is 0 Å². The average molecular weight is 563 g/mol. The van der Waals surface area contributed by atoms with Crippen LogP contribution in [0.3, 0.4) is 0 Å². The van der Waals surface area contributed by atoms with Gasteiger partial charge in [0.05, 0.1) is 0 Å². The molecule has 0 bridgehead atoms. The highest BCUT2D eigenvalue weighted by atomic mass is 16.7. The van der Waals surface area contributed by atoms with Crippen molar-refractivity contribution in [3.8, 4) is 5.75 Å². The number of likely N-dealkylation sites (tertiary alicyclic amines) is 1. The molecule has 41 heavy (non-hydrogen) atoms. The molecule has 218 valence electrons. The molecule has 1 aliphatic heterocycles. The lowest BCUT2D eigenvalue weighted by molar-refractivity contribution is -0.163. The number of hydrogen-bond acceptors (Lipinski definition) is 8. The first-order valence-electron chi connectivity index (χ1n) is 13.3. The van der Waals surface area contributed by atoms with E-state index < -0.39 is 18.2 Å². The fourth-order valence-electron chi connectivity index (χ4n) is 3.67. The lowest BCUT2D eigenvalue weighted by Gasteiger charge is -2.32. The summed E-state index contributed by atoms with van der Waals surface area (Å²) >= 11 is 0. The number of carbonyl (C=O) groups is 2. The smallest absolute Gasteiger partial charge is 0.410 e. The van der Waals surface area contributed by atoms with E-state index in [1.54, 1.807) is 29.2 Å². The minimum atomic E-state index is -1.12. The molecule has 0 aliphatic carbocycles. The Balaban J connectivity index is 0.000000352. The topological polar surface area (TPSA) is 150 Å². The first-order valence-corrected chi connectivity index (χ1v) is 13.3. The first-order chi connectivity index (χ1) is 19.6. The zero-order valence-corrected chi connectivity index (χ0v) is 23.6. The lowest BCUT2D eigenvalue weighted by atomic mass is 10.0. The van der Waals surface area contributed by atoms with Gasteiger partial charge in [0.15, 0.2) is 6.10 Å². The van der Waals surface area contributed by atoms with Gasteiger partial charge in [0.25, 0.3) is 0 Å². The van der Waals surface area contributed by atoms with Gasteiger partial charge >= 0.3 is 12.1 Å². The second-order valence-electron chi connectivity index (χ2n) is 10.3. The van der Waals surface area contributed by atoms with Gasteiger partial charge in [-0.05, 0) is 62.6 Å². The summed E-state index contributed by atoms with van der Waals surface area (Å²) in [4.78, 5) is 30.4. The number of ether oxygens (including phenoxy) is 3. The summed E-state index contributed by atoms with van der Waals surface area (Å²) < 4.78 is 16.5. The predicted molar refractivity (Wildman–Crippen MR) is 155 cm³/mol. The summed E-state index contributed by atoms with van der Waals surface area (Å²) in [6.07, 6.45) is -0.789. The monoisotopic (exact) mass is 562 g/mol. The maximum atomic E-state index is 12.7. The highest BCUT2D eigenvalue weighted by molar-refractivity contribution is 5.94. The fourth-order valence-corrected chi connectivity index (χ4v) is 3.67. The fraction of sp³-hybridized carbons (Fsp3) is 0.323. The molecule has 1 saturated heterocycles. The largest absolute Gasteiger partial charge is 0.490 e. The van der Waals surface area contributed by atoms with Crippen molar-refractivity contribution in [1.29, 1.82) is 5.41 Å². The molecule has 5 N–H and O–H groups in total. The standard InChI is InChI=1S/C23H23N3O4.C8H15NO2/c24-22(25)18-11-13-19(14-12-18)28-15-20(30-26)23(27)29-21(16-7-3-1-4-8-16)17-9-5-2-6-10-17;1-8(2,3)11-7(10)9-5-4-6-9/h1-14,20-21H,15,26H2,(H3,24,25);4-6H2,1-3H3/t20-;/m0./s1. The molecule has 1 heterocycles. The highest BCUT2D eigenvalue weighted by Gasteiger charge is 2.27. The molecule has 0 aromatic heterocycles. The molecule has 1 fully saturated rings. The molecule has 10 heteroatoms. The van der Waals surface area contributed by atoms with Crippen molar-refractivity contribution in [2.75, 3.05) is 19.7 Å². The lowest BCUT2D eigenvalue weighted by Crippen LogP contribution is -2.44. The second-order valence-corrected chi connectivity index (χ2v) is 10.3. The molecule has 10 nitrogen and oxygen atoms in total. The summed E-state index contributed by atoms with van der Waals surface area (Å²) in [5, 5.41) is 7.41. The highest BCUT2D eigenvalue weighted by Crippen LogP contribution is 2.26. The zero-order valence-electron chi connectivity index (χ0n) is 23.6. The Morgan fingerprint density at radius 2 is 1.44 bits per heavy atom. The molecule has 0 spiro atoms. The van der Waals surface area contributed by atoms with E-state index in [1.165, 1.54) is 0 Å². The van der Waals surface area contributed by atoms with Gasteiger partial charge in [-0.25, -0.2) is 15.5 Å². The molecule has 3 aromatic carbocycles. The number of nitrogen functional groups attached to an aromatic ring is 1. The Morgan fingerprint density at radius 1 is 0.902 bits per heavy atom. The van der Waals surface area contributed by atoms with E-state index in [0.29, 0.717) is 11.3 Å². The van der Waals surface area contributed by atoms with Crippen LogP contribution in [0.15, 0.2) is 84.9 Å². The molecule has 1 atom stereocenters. The molecule has 0 unspecified atom stereocenters. The van der Waals surface area contributed by atoms with Crippen molar-refractivity contribution in [3.63, 3.8) is 0 Å². The van der Waals surface area contributed by atoms with Gasteiger partial charge < -0.3 is 24.8 Å². The van der Waals surface area contributed by atoms with Gasteiger partial charge in [-0.3, -0.25) is 10.2 Å². The molecular weight excluding hydrogens is 524 g/mol. The maximum Gasteiger partial charge on any atom is 0.410 e. The van der Waals surface area contributed by atoms with E-state index in [2.05, 4.69) is 0 Å². The minimum Gasteiger partial charge on any atom is -0.490 e. The SMILES string of the molecule is CC(C)(C)OC(=O)N1CCC1.N=C(N)c1ccc(OC[C@H](ON)C(=O)OC(c2ccccc2)c2ccccc2)cc1. The third-order valence-electron chi connectivity index (χ3n) is 5.94. The van der Waals surface area contributed by atoms with Gasteiger partial charge in [0.1, 0.15) is 23.8 Å². The van der Waals surface area contributed by atoms with E-state index in [0.717, 1.165) is 30.6 Å². The van der Waals surface area contributed by atoms with Gasteiger partial charge in [0.2, 0.25) is 6.10 Å². The minimum absolute atomic E-state index is 0.0406. The number of nitrogens with zero attached hydrogens (tertiary/aromatic N) is 1. The second kappa shape index (κ2) is 14.8. The van der Waals surface area contributed by atoms with Crippen molar-refractivity contribution < 1.29 is 28.6 Å². The molecular formula is C31H38N4O6. The summed E-state index contributed by atoms with van der Waals surface area (Å²) in [5.74, 6) is 5.13. The van der Waals surface area contributed by atoms with Crippen LogP contribution in [0.2, 0.25) is 0 Å². The molecule has 4 rings (SSSR count). The number of esters is 1. The number of nitrogens with two attached hydrogens (primary N) is 2. The quantitative estimate of drug-likeness (QED) is 0.149. The number of amides is 1. The third kappa shape index (κ3) is 9.93. The molecule has 0 saturated carbocycles. The van der Waals surface area contributed by atoms with Crippen LogP contribution in [-0.2, 0) is 19.1 Å². The average Bonchev–Trinajstić information content (AvgIpc) is 2.91.